The molecule has 0 saturated carbocycles. The predicted octanol–water partition coefficient (Wildman–Crippen LogP) is 4.19. The molecule has 0 aliphatic heterocycles. The average molecular weight is 392 g/mol. The molecule has 4 aromatic rings. The van der Waals surface area contributed by atoms with Crippen LogP contribution in [0.1, 0.15) is 33.3 Å². The van der Waals surface area contributed by atoms with Crippen LogP contribution >= 0.6 is 11.3 Å². The monoisotopic (exact) mass is 392 g/mol. The zero-order chi connectivity index (χ0) is 19.5. The summed E-state index contributed by atoms with van der Waals surface area (Å²) < 4.78 is 7.35. The zero-order valence-electron chi connectivity index (χ0n) is 15.7. The number of thiophene rings is 1. The van der Waals surface area contributed by atoms with Crippen molar-refractivity contribution in [3.05, 3.63) is 82.5 Å². The van der Waals surface area contributed by atoms with Gasteiger partial charge in [0, 0.05) is 6.20 Å². The Hall–Kier alpha value is -3.19. The van der Waals surface area contributed by atoms with E-state index < -0.39 is 0 Å². The van der Waals surface area contributed by atoms with Gasteiger partial charge < -0.3 is 9.73 Å². The van der Waals surface area contributed by atoms with Crippen molar-refractivity contribution in [3.8, 4) is 10.6 Å². The molecule has 0 spiro atoms. The summed E-state index contributed by atoms with van der Waals surface area (Å²) in [4.78, 5) is 18.1. The smallest absolute Gasteiger partial charge is 0.255 e. The largest absolute Gasteiger partial charge is 0.444 e. The standard InChI is InChI=1S/C21H20N4O2S/c1-14-15(2)27-19(23-14)11-22-21(26)17-13-25(12-16-7-4-3-5-8-16)24-20(17)18-9-6-10-28-18/h3-10,13H,11-12H2,1-2H3,(H,22,26). The molecule has 6 nitrogen and oxygen atoms in total. The predicted molar refractivity (Wildman–Crippen MR) is 108 cm³/mol. The van der Waals surface area contributed by atoms with E-state index in [0.717, 1.165) is 21.9 Å². The van der Waals surface area contributed by atoms with Crippen molar-refractivity contribution in [1.82, 2.24) is 20.1 Å². The molecule has 0 aliphatic carbocycles. The lowest BCUT2D eigenvalue weighted by Gasteiger charge is -2.02. The van der Waals surface area contributed by atoms with E-state index in [4.69, 9.17) is 4.42 Å². The van der Waals surface area contributed by atoms with Gasteiger partial charge in [0.2, 0.25) is 5.89 Å². The van der Waals surface area contributed by atoms with Gasteiger partial charge in [-0.2, -0.15) is 5.10 Å². The normalized spacial score (nSPS) is 10.9. The van der Waals surface area contributed by atoms with Crippen molar-refractivity contribution in [2.24, 2.45) is 0 Å². The quantitative estimate of drug-likeness (QED) is 0.534. The molecule has 0 fully saturated rings. The number of benzene rings is 1. The fourth-order valence-electron chi connectivity index (χ4n) is 2.90. The number of rotatable bonds is 6. The lowest BCUT2D eigenvalue weighted by Crippen LogP contribution is -2.23. The Bertz CT molecular complexity index is 1060. The van der Waals surface area contributed by atoms with Gasteiger partial charge in [-0.15, -0.1) is 11.3 Å². The third kappa shape index (κ3) is 3.89. The minimum Gasteiger partial charge on any atom is -0.444 e. The van der Waals surface area contributed by atoms with Gasteiger partial charge in [-0.25, -0.2) is 4.98 Å². The Morgan fingerprint density at radius 1 is 1.18 bits per heavy atom. The SMILES string of the molecule is Cc1nc(CNC(=O)c2cn(Cc3ccccc3)nc2-c2cccs2)oc1C. The van der Waals surface area contributed by atoms with Gasteiger partial charge in [-0.1, -0.05) is 36.4 Å². The summed E-state index contributed by atoms with van der Waals surface area (Å²) in [5.74, 6) is 1.06. The number of hydrogen-bond donors (Lipinski definition) is 1. The molecule has 28 heavy (non-hydrogen) atoms. The van der Waals surface area contributed by atoms with Crippen molar-refractivity contribution < 1.29 is 9.21 Å². The van der Waals surface area contributed by atoms with E-state index >= 15 is 0 Å². The van der Waals surface area contributed by atoms with Crippen molar-refractivity contribution in [3.63, 3.8) is 0 Å². The van der Waals surface area contributed by atoms with E-state index in [1.807, 2.05) is 61.7 Å². The summed E-state index contributed by atoms with van der Waals surface area (Å²) in [5.41, 5.74) is 3.18. The molecule has 3 heterocycles. The van der Waals surface area contributed by atoms with Crippen LogP contribution in [0.25, 0.3) is 10.6 Å². The first-order valence-corrected chi connectivity index (χ1v) is 9.84. The Balaban J connectivity index is 1.58. The summed E-state index contributed by atoms with van der Waals surface area (Å²) in [7, 11) is 0. The minimum atomic E-state index is -0.198. The first-order chi connectivity index (χ1) is 13.6. The van der Waals surface area contributed by atoms with Crippen molar-refractivity contribution >= 4 is 17.2 Å². The van der Waals surface area contributed by atoms with E-state index in [9.17, 15) is 4.79 Å². The van der Waals surface area contributed by atoms with Crippen LogP contribution in [0.2, 0.25) is 0 Å². The van der Waals surface area contributed by atoms with E-state index in [1.165, 1.54) is 0 Å². The molecular weight excluding hydrogens is 372 g/mol. The second-order valence-electron chi connectivity index (χ2n) is 6.48. The first-order valence-electron chi connectivity index (χ1n) is 8.96. The number of amides is 1. The second kappa shape index (κ2) is 7.82. The molecule has 1 N–H and O–H groups in total. The van der Waals surface area contributed by atoms with Crippen molar-refractivity contribution in [2.75, 3.05) is 0 Å². The third-order valence-electron chi connectivity index (χ3n) is 4.42. The van der Waals surface area contributed by atoms with Gasteiger partial charge in [0.15, 0.2) is 0 Å². The number of carbonyl (C=O) groups is 1. The van der Waals surface area contributed by atoms with Crippen LogP contribution in [0.5, 0.6) is 0 Å². The highest BCUT2D eigenvalue weighted by atomic mass is 32.1. The molecule has 0 bridgehead atoms. The number of hydrogen-bond acceptors (Lipinski definition) is 5. The molecule has 0 atom stereocenters. The highest BCUT2D eigenvalue weighted by molar-refractivity contribution is 7.13. The molecular formula is C21H20N4O2S. The number of aromatic nitrogens is 3. The number of nitrogens with zero attached hydrogens (tertiary/aromatic N) is 3. The number of nitrogens with one attached hydrogen (secondary N) is 1. The van der Waals surface area contributed by atoms with Crippen LogP contribution in [-0.2, 0) is 13.1 Å². The Morgan fingerprint density at radius 3 is 2.68 bits per heavy atom. The highest BCUT2D eigenvalue weighted by Gasteiger charge is 2.19. The lowest BCUT2D eigenvalue weighted by atomic mass is 10.2. The van der Waals surface area contributed by atoms with E-state index in [1.54, 1.807) is 22.2 Å². The van der Waals surface area contributed by atoms with Gasteiger partial charge in [-0.05, 0) is 30.9 Å². The highest BCUT2D eigenvalue weighted by Crippen LogP contribution is 2.27. The van der Waals surface area contributed by atoms with Gasteiger partial charge in [-0.3, -0.25) is 9.48 Å². The summed E-state index contributed by atoms with van der Waals surface area (Å²) in [6, 6.07) is 14.0. The van der Waals surface area contributed by atoms with Crippen LogP contribution in [0.4, 0.5) is 0 Å². The van der Waals surface area contributed by atoms with Gasteiger partial charge in [0.1, 0.15) is 11.5 Å². The van der Waals surface area contributed by atoms with Crippen LogP contribution in [0, 0.1) is 13.8 Å². The van der Waals surface area contributed by atoms with Crippen molar-refractivity contribution in [1.29, 1.82) is 0 Å². The van der Waals surface area contributed by atoms with E-state index in [0.29, 0.717) is 23.7 Å². The molecule has 3 aromatic heterocycles. The second-order valence-corrected chi connectivity index (χ2v) is 7.43. The van der Waals surface area contributed by atoms with Gasteiger partial charge in [0.05, 0.1) is 29.2 Å². The van der Waals surface area contributed by atoms with Crippen LogP contribution in [-0.4, -0.2) is 20.7 Å². The van der Waals surface area contributed by atoms with Gasteiger partial charge >= 0.3 is 0 Å². The number of oxazole rings is 1. The topological polar surface area (TPSA) is 73.0 Å². The Kier molecular flexibility index (Phi) is 5.08. The summed E-state index contributed by atoms with van der Waals surface area (Å²) in [5, 5.41) is 9.54. The molecule has 0 aliphatic rings. The van der Waals surface area contributed by atoms with Crippen LogP contribution < -0.4 is 5.32 Å². The third-order valence-corrected chi connectivity index (χ3v) is 5.30. The molecule has 1 amide bonds. The maximum Gasteiger partial charge on any atom is 0.255 e. The summed E-state index contributed by atoms with van der Waals surface area (Å²) in [6.07, 6.45) is 1.80. The Morgan fingerprint density at radius 2 is 2.00 bits per heavy atom. The molecule has 1 aromatic carbocycles. The first kappa shape index (κ1) is 18.2. The fraction of sp³-hybridized carbons (Fsp3) is 0.190. The minimum absolute atomic E-state index is 0.198. The van der Waals surface area contributed by atoms with E-state index in [-0.39, 0.29) is 12.5 Å². The molecule has 142 valence electrons. The number of carbonyl (C=O) groups excluding carboxylic acids is 1. The maximum absolute atomic E-state index is 12.9. The summed E-state index contributed by atoms with van der Waals surface area (Å²) in [6.45, 7) is 4.58. The molecule has 0 saturated heterocycles. The van der Waals surface area contributed by atoms with Crippen LogP contribution in [0.3, 0.4) is 0 Å². The van der Waals surface area contributed by atoms with Gasteiger partial charge in [0.25, 0.3) is 5.91 Å². The lowest BCUT2D eigenvalue weighted by molar-refractivity contribution is 0.0947. The van der Waals surface area contributed by atoms with E-state index in [2.05, 4.69) is 15.4 Å². The molecule has 0 radical (unpaired) electrons. The summed E-state index contributed by atoms with van der Waals surface area (Å²) >= 11 is 1.56. The molecule has 7 heteroatoms. The van der Waals surface area contributed by atoms with Crippen molar-refractivity contribution in [2.45, 2.75) is 26.9 Å². The maximum atomic E-state index is 12.9. The average Bonchev–Trinajstić information content (AvgIpc) is 3.42. The molecule has 0 unspecified atom stereocenters. The Labute approximate surface area is 166 Å². The number of aryl methyl sites for hydroxylation is 2. The molecule has 4 rings (SSSR count). The van der Waals surface area contributed by atoms with Crippen LogP contribution in [0.15, 0.2) is 58.5 Å². The zero-order valence-corrected chi connectivity index (χ0v) is 16.5. The fourth-order valence-corrected chi connectivity index (χ4v) is 3.62.